The quantitative estimate of drug-likeness (QED) is 0.772. The fraction of sp³-hybridized carbons (Fsp3) is 0.357. The first-order valence-corrected chi connectivity index (χ1v) is 6.37. The molecule has 1 aromatic rings. The van der Waals surface area contributed by atoms with Crippen LogP contribution in [-0.4, -0.2) is 50.6 Å². The Morgan fingerprint density at radius 1 is 1.14 bits per heavy atom. The van der Waals surface area contributed by atoms with E-state index in [-0.39, 0.29) is 41.5 Å². The van der Waals surface area contributed by atoms with Gasteiger partial charge in [0.1, 0.15) is 0 Å². The van der Waals surface area contributed by atoms with Crippen molar-refractivity contribution in [2.75, 3.05) is 32.8 Å². The van der Waals surface area contributed by atoms with Crippen LogP contribution < -0.4 is 19.1 Å². The summed E-state index contributed by atoms with van der Waals surface area (Å²) in [7, 11) is 4.13. The maximum Gasteiger partial charge on any atom is 0.305 e. The van der Waals surface area contributed by atoms with Crippen LogP contribution in [0.15, 0.2) is 6.07 Å². The van der Waals surface area contributed by atoms with Crippen molar-refractivity contribution in [1.82, 2.24) is 0 Å². The molecule has 1 aliphatic heterocycles. The van der Waals surface area contributed by atoms with Crippen molar-refractivity contribution < 1.29 is 33.7 Å². The molecule has 0 aliphatic carbocycles. The van der Waals surface area contributed by atoms with Crippen molar-refractivity contribution in [3.8, 4) is 17.2 Å². The molecule has 0 bridgehead atoms. The smallest absolute Gasteiger partial charge is 0.305 e. The number of hydrogen-bond donors (Lipinski definition) is 1. The van der Waals surface area contributed by atoms with Gasteiger partial charge in [-0.3, -0.25) is 14.4 Å². The molecule has 0 radical (unpaired) electrons. The largest absolute Gasteiger partial charge is 0.493 e. The number of nitrogens with zero attached hydrogens (tertiary/aromatic N) is 1. The molecule has 1 heterocycles. The standard InChI is InChI=1S/C14H15NO7/c1-20-8-6-7-10(13(22-3)12(8)21-2)11(18)14(19)15(7)5-4-9(16)17/h6H,4-5H2,1-3H3,(H,16,17). The van der Waals surface area contributed by atoms with Gasteiger partial charge in [0.15, 0.2) is 11.5 Å². The van der Waals surface area contributed by atoms with E-state index in [2.05, 4.69) is 0 Å². The van der Waals surface area contributed by atoms with E-state index >= 15 is 0 Å². The topological polar surface area (TPSA) is 102 Å². The first-order chi connectivity index (χ1) is 10.5. The van der Waals surface area contributed by atoms with E-state index in [1.807, 2.05) is 0 Å². The third-order valence-electron chi connectivity index (χ3n) is 3.32. The Labute approximate surface area is 126 Å². The maximum atomic E-state index is 12.2. The van der Waals surface area contributed by atoms with Crippen molar-refractivity contribution >= 4 is 23.3 Å². The Morgan fingerprint density at radius 2 is 1.77 bits per heavy atom. The number of carboxylic acids is 1. The summed E-state index contributed by atoms with van der Waals surface area (Å²) in [5.74, 6) is -2.07. The van der Waals surface area contributed by atoms with Crippen LogP contribution in [0, 0.1) is 0 Å². The summed E-state index contributed by atoms with van der Waals surface area (Å²) < 4.78 is 15.5. The number of methoxy groups -OCH3 is 3. The zero-order valence-corrected chi connectivity index (χ0v) is 12.3. The number of benzene rings is 1. The van der Waals surface area contributed by atoms with E-state index in [1.54, 1.807) is 0 Å². The molecular formula is C14H15NO7. The molecule has 118 valence electrons. The van der Waals surface area contributed by atoms with Crippen LogP contribution >= 0.6 is 0 Å². The molecule has 0 saturated carbocycles. The van der Waals surface area contributed by atoms with Crippen molar-refractivity contribution in [2.45, 2.75) is 6.42 Å². The van der Waals surface area contributed by atoms with E-state index < -0.39 is 17.7 Å². The number of rotatable bonds is 6. The lowest BCUT2D eigenvalue weighted by atomic mass is 10.1. The van der Waals surface area contributed by atoms with Gasteiger partial charge in [-0.05, 0) is 0 Å². The van der Waals surface area contributed by atoms with Crippen LogP contribution in [-0.2, 0) is 9.59 Å². The second-order valence-corrected chi connectivity index (χ2v) is 4.47. The minimum atomic E-state index is -1.07. The first kappa shape index (κ1) is 15.6. The zero-order valence-electron chi connectivity index (χ0n) is 12.3. The summed E-state index contributed by atoms with van der Waals surface area (Å²) in [6, 6.07) is 1.46. The monoisotopic (exact) mass is 309 g/mol. The Balaban J connectivity index is 2.61. The molecular weight excluding hydrogens is 294 g/mol. The third kappa shape index (κ3) is 2.32. The second kappa shape index (κ2) is 5.92. The lowest BCUT2D eigenvalue weighted by Gasteiger charge is -2.18. The molecule has 0 saturated heterocycles. The number of aliphatic carboxylic acids is 1. The van der Waals surface area contributed by atoms with Crippen molar-refractivity contribution in [2.24, 2.45) is 0 Å². The number of carboxylic acid groups (broad SMARTS) is 1. The average Bonchev–Trinajstić information content (AvgIpc) is 2.74. The summed E-state index contributed by atoms with van der Waals surface area (Å²) in [4.78, 5) is 36.1. The highest BCUT2D eigenvalue weighted by Gasteiger charge is 2.41. The van der Waals surface area contributed by atoms with Gasteiger partial charge < -0.3 is 24.2 Å². The first-order valence-electron chi connectivity index (χ1n) is 6.37. The highest BCUT2D eigenvalue weighted by atomic mass is 16.5. The summed E-state index contributed by atoms with van der Waals surface area (Å²) in [5, 5.41) is 8.77. The molecule has 0 aromatic heterocycles. The van der Waals surface area contributed by atoms with Crippen molar-refractivity contribution in [1.29, 1.82) is 0 Å². The Hall–Kier alpha value is -2.77. The number of ether oxygens (including phenoxy) is 3. The second-order valence-electron chi connectivity index (χ2n) is 4.47. The number of ketones is 1. The predicted octanol–water partition coefficient (Wildman–Crippen LogP) is 0.716. The molecule has 8 nitrogen and oxygen atoms in total. The maximum absolute atomic E-state index is 12.2. The van der Waals surface area contributed by atoms with E-state index in [1.165, 1.54) is 27.4 Å². The number of anilines is 1. The average molecular weight is 309 g/mol. The summed E-state index contributed by atoms with van der Waals surface area (Å²) in [6.07, 6.45) is -0.283. The number of fused-ring (bicyclic) bond motifs is 1. The summed E-state index contributed by atoms with van der Waals surface area (Å²) >= 11 is 0. The molecule has 22 heavy (non-hydrogen) atoms. The fourth-order valence-electron chi connectivity index (χ4n) is 2.34. The summed E-state index contributed by atoms with van der Waals surface area (Å²) in [5.41, 5.74) is 0.307. The number of amides is 1. The lowest BCUT2D eigenvalue weighted by Crippen LogP contribution is -2.31. The molecule has 0 spiro atoms. The van der Waals surface area contributed by atoms with Crippen LogP contribution in [0.25, 0.3) is 0 Å². The van der Waals surface area contributed by atoms with Crippen molar-refractivity contribution in [3.63, 3.8) is 0 Å². The lowest BCUT2D eigenvalue weighted by molar-refractivity contribution is -0.136. The van der Waals surface area contributed by atoms with Crippen LogP contribution in [0.4, 0.5) is 5.69 Å². The van der Waals surface area contributed by atoms with Gasteiger partial charge in [-0.1, -0.05) is 0 Å². The van der Waals surface area contributed by atoms with Crippen LogP contribution in [0.3, 0.4) is 0 Å². The Kier molecular flexibility index (Phi) is 4.20. The predicted molar refractivity (Wildman–Crippen MR) is 75.0 cm³/mol. The Morgan fingerprint density at radius 3 is 2.27 bits per heavy atom. The molecule has 1 N–H and O–H groups in total. The minimum absolute atomic E-state index is 0.0514. The van der Waals surface area contributed by atoms with Gasteiger partial charge in [0, 0.05) is 12.6 Å². The molecule has 1 amide bonds. The van der Waals surface area contributed by atoms with Gasteiger partial charge in [0.05, 0.1) is 39.0 Å². The molecule has 0 atom stereocenters. The summed E-state index contributed by atoms with van der Waals surface area (Å²) in [6.45, 7) is -0.119. The number of hydrogen-bond acceptors (Lipinski definition) is 6. The number of Topliss-reactive ketones (excluding diaryl/α,β-unsaturated/α-hetero) is 1. The van der Waals surface area contributed by atoms with Crippen LogP contribution in [0.2, 0.25) is 0 Å². The molecule has 1 aliphatic rings. The number of carbonyl (C=O) groups is 3. The van der Waals surface area contributed by atoms with Gasteiger partial charge in [-0.15, -0.1) is 0 Å². The van der Waals surface area contributed by atoms with Crippen LogP contribution in [0.5, 0.6) is 17.2 Å². The highest BCUT2D eigenvalue weighted by Crippen LogP contribution is 2.47. The van der Waals surface area contributed by atoms with Gasteiger partial charge >= 0.3 is 5.97 Å². The third-order valence-corrected chi connectivity index (χ3v) is 3.32. The normalized spacial score (nSPS) is 13.1. The van der Waals surface area contributed by atoms with Gasteiger partial charge in [-0.25, -0.2) is 0 Å². The Bertz CT molecular complexity index is 653. The van der Waals surface area contributed by atoms with E-state index in [9.17, 15) is 14.4 Å². The molecule has 0 unspecified atom stereocenters. The fourth-order valence-corrected chi connectivity index (χ4v) is 2.34. The van der Waals surface area contributed by atoms with Crippen molar-refractivity contribution in [3.05, 3.63) is 11.6 Å². The SMILES string of the molecule is COc1cc2c(c(OC)c1OC)C(=O)C(=O)N2CCC(=O)O. The van der Waals surface area contributed by atoms with E-state index in [4.69, 9.17) is 19.3 Å². The van der Waals surface area contributed by atoms with Crippen LogP contribution in [0.1, 0.15) is 16.8 Å². The van der Waals surface area contributed by atoms with Gasteiger partial charge in [-0.2, -0.15) is 0 Å². The van der Waals surface area contributed by atoms with E-state index in [0.29, 0.717) is 0 Å². The van der Waals surface area contributed by atoms with Gasteiger partial charge in [0.25, 0.3) is 11.7 Å². The van der Waals surface area contributed by atoms with Gasteiger partial charge in [0.2, 0.25) is 5.75 Å². The molecule has 1 aromatic carbocycles. The molecule has 8 heteroatoms. The highest BCUT2D eigenvalue weighted by molar-refractivity contribution is 6.53. The minimum Gasteiger partial charge on any atom is -0.493 e. The number of carbonyl (C=O) groups excluding carboxylic acids is 2. The zero-order chi connectivity index (χ0) is 16.4. The molecule has 2 rings (SSSR count). The molecule has 0 fully saturated rings. The van der Waals surface area contributed by atoms with E-state index in [0.717, 1.165) is 4.90 Å².